The highest BCUT2D eigenvalue weighted by Crippen LogP contribution is 2.52. The molecule has 1 saturated heterocycles. The minimum absolute atomic E-state index is 0.219. The van der Waals surface area contributed by atoms with Crippen LogP contribution >= 0.6 is 11.3 Å². The highest BCUT2D eigenvalue weighted by Gasteiger charge is 2.43. The van der Waals surface area contributed by atoms with Gasteiger partial charge in [-0.1, -0.05) is 36.4 Å². The van der Waals surface area contributed by atoms with Crippen molar-refractivity contribution in [3.8, 4) is 0 Å². The summed E-state index contributed by atoms with van der Waals surface area (Å²) in [4.78, 5) is 16.9. The number of fused-ring (bicyclic) bond motifs is 1. The standard InChI is InChI=1S/C21H17F2N3O2S/c1-25-17-16(18(19(24)27)29-20(17)26-8-10-28-11-9-26)21(22,23)15-7-6-13-4-2-3-5-14(13)12-15/h2-7,12H,8-11H2,(H2,24,27). The minimum Gasteiger partial charge on any atom is -0.378 e. The van der Waals surface area contributed by atoms with Crippen LogP contribution in [0.4, 0.5) is 19.5 Å². The quantitative estimate of drug-likeness (QED) is 0.640. The number of amides is 1. The molecule has 2 heterocycles. The number of alkyl halides is 2. The van der Waals surface area contributed by atoms with Crippen LogP contribution in [0.15, 0.2) is 42.5 Å². The van der Waals surface area contributed by atoms with Gasteiger partial charge in [0, 0.05) is 18.7 Å². The third-order valence-corrected chi connectivity index (χ3v) is 6.18. The number of anilines is 1. The van der Waals surface area contributed by atoms with Gasteiger partial charge in [-0.3, -0.25) is 4.79 Å². The van der Waals surface area contributed by atoms with Gasteiger partial charge in [0.1, 0.15) is 0 Å². The van der Waals surface area contributed by atoms with Crippen molar-refractivity contribution < 1.29 is 18.3 Å². The molecule has 2 aromatic carbocycles. The number of thiophene rings is 1. The summed E-state index contributed by atoms with van der Waals surface area (Å²) >= 11 is 0.853. The summed E-state index contributed by atoms with van der Waals surface area (Å²) in [7, 11) is 0. The van der Waals surface area contributed by atoms with Crippen molar-refractivity contribution in [2.75, 3.05) is 31.2 Å². The Kier molecular flexibility index (Phi) is 4.94. The Morgan fingerprint density at radius 3 is 2.52 bits per heavy atom. The Hall–Kier alpha value is -3.02. The number of rotatable bonds is 4. The average molecular weight is 413 g/mol. The zero-order valence-corrected chi connectivity index (χ0v) is 16.1. The molecule has 0 saturated carbocycles. The molecule has 8 heteroatoms. The fourth-order valence-electron chi connectivity index (χ4n) is 3.49. The molecule has 29 heavy (non-hydrogen) atoms. The average Bonchev–Trinajstić information content (AvgIpc) is 3.15. The Bertz CT molecular complexity index is 1130. The number of morpholine rings is 1. The molecule has 1 aliphatic heterocycles. The lowest BCUT2D eigenvalue weighted by atomic mass is 9.96. The maximum Gasteiger partial charge on any atom is 0.291 e. The molecule has 0 unspecified atom stereocenters. The van der Waals surface area contributed by atoms with Gasteiger partial charge < -0.3 is 15.4 Å². The molecular weight excluding hydrogens is 396 g/mol. The van der Waals surface area contributed by atoms with E-state index in [-0.39, 0.29) is 16.1 Å². The second-order valence-electron chi connectivity index (χ2n) is 6.67. The lowest BCUT2D eigenvalue weighted by molar-refractivity contribution is 0.0431. The summed E-state index contributed by atoms with van der Waals surface area (Å²) in [5.41, 5.74) is 4.33. The molecule has 0 atom stereocenters. The highest BCUT2D eigenvalue weighted by molar-refractivity contribution is 7.19. The SMILES string of the molecule is [C-]#[N+]c1c(N2CCOCC2)sc(C(N)=O)c1C(F)(F)c1ccc2ccccc2c1. The number of benzene rings is 2. The summed E-state index contributed by atoms with van der Waals surface area (Å²) in [5, 5.41) is 1.82. The largest absolute Gasteiger partial charge is 0.378 e. The van der Waals surface area contributed by atoms with E-state index in [1.807, 2.05) is 12.1 Å². The van der Waals surface area contributed by atoms with Crippen LogP contribution in [0.5, 0.6) is 0 Å². The monoisotopic (exact) mass is 413 g/mol. The first kappa shape index (κ1) is 19.3. The van der Waals surface area contributed by atoms with Gasteiger partial charge in [-0.05, 0) is 16.8 Å². The van der Waals surface area contributed by atoms with Crippen molar-refractivity contribution in [2.45, 2.75) is 5.92 Å². The number of carbonyl (C=O) groups excluding carboxylic acids is 1. The van der Waals surface area contributed by atoms with Crippen LogP contribution in [-0.4, -0.2) is 32.2 Å². The minimum atomic E-state index is -3.55. The van der Waals surface area contributed by atoms with Crippen molar-refractivity contribution >= 4 is 38.7 Å². The molecule has 1 aliphatic rings. The zero-order chi connectivity index (χ0) is 20.6. The van der Waals surface area contributed by atoms with Crippen LogP contribution in [0.25, 0.3) is 15.6 Å². The van der Waals surface area contributed by atoms with Gasteiger partial charge in [0.15, 0.2) is 0 Å². The van der Waals surface area contributed by atoms with Crippen molar-refractivity contribution in [2.24, 2.45) is 5.73 Å². The molecule has 0 aliphatic carbocycles. The number of nitrogens with two attached hydrogens (primary N) is 1. The van der Waals surface area contributed by atoms with E-state index >= 15 is 8.78 Å². The van der Waals surface area contributed by atoms with Crippen molar-refractivity contribution in [3.63, 3.8) is 0 Å². The molecule has 3 aromatic rings. The maximum atomic E-state index is 15.7. The van der Waals surface area contributed by atoms with Crippen LogP contribution in [0.2, 0.25) is 0 Å². The van der Waals surface area contributed by atoms with Crippen molar-refractivity contribution in [3.05, 3.63) is 69.9 Å². The van der Waals surface area contributed by atoms with Crippen molar-refractivity contribution in [1.29, 1.82) is 0 Å². The molecule has 2 N–H and O–H groups in total. The van der Waals surface area contributed by atoms with Crippen LogP contribution < -0.4 is 10.6 Å². The van der Waals surface area contributed by atoms with Gasteiger partial charge in [-0.25, -0.2) is 4.85 Å². The lowest BCUT2D eigenvalue weighted by Gasteiger charge is -2.28. The number of carbonyl (C=O) groups is 1. The number of ether oxygens (including phenoxy) is 1. The Labute approximate surface area is 170 Å². The van der Waals surface area contributed by atoms with Crippen LogP contribution in [0, 0.1) is 6.57 Å². The lowest BCUT2D eigenvalue weighted by Crippen LogP contribution is -2.35. The van der Waals surface area contributed by atoms with E-state index in [0.29, 0.717) is 36.7 Å². The number of nitrogens with zero attached hydrogens (tertiary/aromatic N) is 2. The Morgan fingerprint density at radius 1 is 1.17 bits per heavy atom. The maximum absolute atomic E-state index is 15.7. The Balaban J connectivity index is 1.90. The first-order valence-electron chi connectivity index (χ1n) is 8.98. The molecule has 0 radical (unpaired) electrons. The molecule has 4 rings (SSSR count). The van der Waals surface area contributed by atoms with Crippen LogP contribution in [0.3, 0.4) is 0 Å². The topological polar surface area (TPSA) is 59.9 Å². The molecular formula is C21H17F2N3O2S. The van der Waals surface area contributed by atoms with Crippen molar-refractivity contribution in [1.82, 2.24) is 0 Å². The molecule has 1 amide bonds. The summed E-state index contributed by atoms with van der Waals surface area (Å²) in [6.45, 7) is 9.34. The van der Waals surface area contributed by atoms with Gasteiger partial charge in [0.05, 0.1) is 35.2 Å². The number of halogens is 2. The second-order valence-corrected chi connectivity index (χ2v) is 7.67. The fraction of sp³-hybridized carbons (Fsp3) is 0.238. The summed E-state index contributed by atoms with van der Waals surface area (Å²) in [6.07, 6.45) is 0. The van der Waals surface area contributed by atoms with Gasteiger partial charge >= 0.3 is 0 Å². The highest BCUT2D eigenvalue weighted by atomic mass is 32.1. The van der Waals surface area contributed by atoms with Gasteiger partial charge in [0.2, 0.25) is 5.69 Å². The predicted octanol–water partition coefficient (Wildman–Crippen LogP) is 4.53. The predicted molar refractivity (Wildman–Crippen MR) is 109 cm³/mol. The third kappa shape index (κ3) is 3.33. The van der Waals surface area contributed by atoms with Crippen LogP contribution in [-0.2, 0) is 10.7 Å². The van der Waals surface area contributed by atoms with E-state index < -0.39 is 17.4 Å². The zero-order valence-electron chi connectivity index (χ0n) is 15.3. The second kappa shape index (κ2) is 7.43. The fourth-order valence-corrected chi connectivity index (χ4v) is 4.67. The molecule has 0 spiro atoms. The normalized spacial score (nSPS) is 14.7. The smallest absolute Gasteiger partial charge is 0.291 e. The van der Waals surface area contributed by atoms with E-state index in [0.717, 1.165) is 16.7 Å². The van der Waals surface area contributed by atoms with E-state index in [9.17, 15) is 4.79 Å². The first-order chi connectivity index (χ1) is 13.9. The first-order valence-corrected chi connectivity index (χ1v) is 9.79. The van der Waals surface area contributed by atoms with E-state index in [1.54, 1.807) is 23.1 Å². The number of primary amides is 1. The van der Waals surface area contributed by atoms with E-state index in [2.05, 4.69) is 4.85 Å². The van der Waals surface area contributed by atoms with E-state index in [1.165, 1.54) is 12.1 Å². The molecule has 148 valence electrons. The number of hydrogen-bond acceptors (Lipinski definition) is 4. The summed E-state index contributed by atoms with van der Waals surface area (Å²) in [6, 6.07) is 11.5. The Morgan fingerprint density at radius 2 is 1.86 bits per heavy atom. The van der Waals surface area contributed by atoms with Gasteiger partial charge in [-0.15, -0.1) is 11.3 Å². The molecule has 1 aromatic heterocycles. The third-order valence-electron chi connectivity index (χ3n) is 4.93. The van der Waals surface area contributed by atoms with Gasteiger partial charge in [0.25, 0.3) is 11.8 Å². The summed E-state index contributed by atoms with van der Waals surface area (Å²) in [5.74, 6) is -4.51. The van der Waals surface area contributed by atoms with Gasteiger partial charge in [-0.2, -0.15) is 8.78 Å². The van der Waals surface area contributed by atoms with Crippen LogP contribution in [0.1, 0.15) is 20.8 Å². The molecule has 5 nitrogen and oxygen atoms in total. The van der Waals surface area contributed by atoms with E-state index in [4.69, 9.17) is 17.0 Å². The summed E-state index contributed by atoms with van der Waals surface area (Å²) < 4.78 is 36.7. The molecule has 0 bridgehead atoms. The number of hydrogen-bond donors (Lipinski definition) is 1. The molecule has 1 fully saturated rings.